The van der Waals surface area contributed by atoms with Gasteiger partial charge in [-0.05, 0) is 13.0 Å². The van der Waals surface area contributed by atoms with Gasteiger partial charge in [0.05, 0.1) is 0 Å². The quantitative estimate of drug-likeness (QED) is 0.596. The van der Waals surface area contributed by atoms with E-state index in [1.54, 1.807) is 6.92 Å². The summed E-state index contributed by atoms with van der Waals surface area (Å²) in [4.78, 5) is 0. The fourth-order valence-electron chi connectivity index (χ4n) is 1.35. The second kappa shape index (κ2) is 2.53. The van der Waals surface area contributed by atoms with Crippen LogP contribution in [0.2, 0.25) is 0 Å². The monoisotopic (exact) mass is 169 g/mol. The van der Waals surface area contributed by atoms with Crippen LogP contribution in [-0.4, -0.2) is 28.4 Å². The summed E-state index contributed by atoms with van der Waals surface area (Å²) in [5.41, 5.74) is -0.943. The highest BCUT2D eigenvalue weighted by Gasteiger charge is 2.38. The number of hydrogen-bond donors (Lipinski definition) is 2. The Balaban J connectivity index is 2.28. The number of nitrogens with zero attached hydrogens (tertiary/aromatic N) is 2. The van der Waals surface area contributed by atoms with Crippen LogP contribution in [0.25, 0.3) is 0 Å². The number of nitrogens with one attached hydrogen (secondary N) is 1. The molecule has 1 aliphatic rings. The van der Waals surface area contributed by atoms with E-state index in [1.165, 1.54) is 0 Å². The molecule has 5 nitrogen and oxygen atoms in total. The Morgan fingerprint density at radius 3 is 2.92 bits per heavy atom. The molecule has 5 heteroatoms. The third-order valence-electron chi connectivity index (χ3n) is 2.06. The highest BCUT2D eigenvalue weighted by atomic mass is 16.4. The van der Waals surface area contributed by atoms with Gasteiger partial charge in [0.2, 0.25) is 11.8 Å². The van der Waals surface area contributed by atoms with E-state index in [1.807, 2.05) is 0 Å². The van der Waals surface area contributed by atoms with Gasteiger partial charge in [-0.3, -0.25) is 0 Å². The first-order chi connectivity index (χ1) is 5.71. The standard InChI is InChI=1S/C7H11N3O2/c1-5-9-10-6(12-5)7(11)2-3-8-4-7/h8,11H,2-4H2,1H3. The lowest BCUT2D eigenvalue weighted by atomic mass is 10.0. The van der Waals surface area contributed by atoms with Gasteiger partial charge in [-0.1, -0.05) is 0 Å². The fourth-order valence-corrected chi connectivity index (χ4v) is 1.35. The summed E-state index contributed by atoms with van der Waals surface area (Å²) in [5, 5.41) is 20.4. The molecule has 0 amide bonds. The molecular weight excluding hydrogens is 158 g/mol. The second-order valence-electron chi connectivity index (χ2n) is 3.08. The van der Waals surface area contributed by atoms with Crippen molar-refractivity contribution in [3.05, 3.63) is 11.8 Å². The summed E-state index contributed by atoms with van der Waals surface area (Å²) in [6.45, 7) is 2.99. The Bertz CT molecular complexity index is 278. The maximum Gasteiger partial charge on any atom is 0.249 e. The van der Waals surface area contributed by atoms with Crippen molar-refractivity contribution in [2.75, 3.05) is 13.1 Å². The Kier molecular flexibility index (Phi) is 1.62. The maximum atomic E-state index is 9.92. The molecule has 1 aliphatic heterocycles. The van der Waals surface area contributed by atoms with Gasteiger partial charge in [-0.2, -0.15) is 0 Å². The third kappa shape index (κ3) is 1.11. The summed E-state index contributed by atoms with van der Waals surface area (Å²) in [6.07, 6.45) is 0.634. The predicted octanol–water partition coefficient (Wildman–Crippen LogP) is -0.441. The minimum atomic E-state index is -0.943. The van der Waals surface area contributed by atoms with E-state index < -0.39 is 5.60 Å². The molecule has 2 N–H and O–H groups in total. The van der Waals surface area contributed by atoms with E-state index in [0.717, 1.165) is 6.54 Å². The Morgan fingerprint density at radius 1 is 1.58 bits per heavy atom. The zero-order valence-corrected chi connectivity index (χ0v) is 6.87. The van der Waals surface area contributed by atoms with E-state index >= 15 is 0 Å². The molecule has 2 heterocycles. The van der Waals surface area contributed by atoms with Crippen LogP contribution in [0.15, 0.2) is 4.42 Å². The molecule has 0 aromatic carbocycles. The summed E-state index contributed by atoms with van der Waals surface area (Å²) >= 11 is 0. The second-order valence-corrected chi connectivity index (χ2v) is 3.08. The predicted molar refractivity (Wildman–Crippen MR) is 40.4 cm³/mol. The van der Waals surface area contributed by atoms with Gasteiger partial charge >= 0.3 is 0 Å². The molecule has 1 unspecified atom stereocenters. The number of rotatable bonds is 1. The lowest BCUT2D eigenvalue weighted by Crippen LogP contribution is -2.28. The van der Waals surface area contributed by atoms with Gasteiger partial charge < -0.3 is 14.8 Å². The third-order valence-corrected chi connectivity index (χ3v) is 2.06. The summed E-state index contributed by atoms with van der Waals surface area (Å²) in [7, 11) is 0. The largest absolute Gasteiger partial charge is 0.422 e. The number of aromatic nitrogens is 2. The first kappa shape index (κ1) is 7.70. The minimum absolute atomic E-state index is 0.324. The van der Waals surface area contributed by atoms with Crippen LogP contribution >= 0.6 is 0 Å². The van der Waals surface area contributed by atoms with E-state index in [4.69, 9.17) is 4.42 Å². The first-order valence-electron chi connectivity index (χ1n) is 3.94. The van der Waals surface area contributed by atoms with Crippen LogP contribution in [0.3, 0.4) is 0 Å². The van der Waals surface area contributed by atoms with Gasteiger partial charge in [0.1, 0.15) is 0 Å². The molecule has 0 bridgehead atoms. The highest BCUT2D eigenvalue weighted by Crippen LogP contribution is 2.25. The zero-order chi connectivity index (χ0) is 8.60. The smallest absolute Gasteiger partial charge is 0.249 e. The van der Waals surface area contributed by atoms with Crippen molar-refractivity contribution >= 4 is 0 Å². The molecule has 0 aliphatic carbocycles. The molecule has 66 valence electrons. The van der Waals surface area contributed by atoms with Crippen LogP contribution in [0, 0.1) is 6.92 Å². The van der Waals surface area contributed by atoms with Gasteiger partial charge in [0, 0.05) is 13.5 Å². The van der Waals surface area contributed by atoms with E-state index in [-0.39, 0.29) is 0 Å². The molecule has 1 aromatic heterocycles. The molecule has 0 spiro atoms. The average Bonchev–Trinajstić information content (AvgIpc) is 2.59. The van der Waals surface area contributed by atoms with Crippen LogP contribution in [0.4, 0.5) is 0 Å². The number of aliphatic hydroxyl groups is 1. The highest BCUT2D eigenvalue weighted by molar-refractivity contribution is 5.01. The van der Waals surface area contributed by atoms with Crippen molar-refractivity contribution in [3.63, 3.8) is 0 Å². The van der Waals surface area contributed by atoms with E-state index in [2.05, 4.69) is 15.5 Å². The van der Waals surface area contributed by atoms with Gasteiger partial charge in [0.25, 0.3) is 0 Å². The van der Waals surface area contributed by atoms with Gasteiger partial charge in [-0.25, -0.2) is 0 Å². The van der Waals surface area contributed by atoms with Crippen LogP contribution in [0.1, 0.15) is 18.2 Å². The Morgan fingerprint density at radius 2 is 2.42 bits per heavy atom. The van der Waals surface area contributed by atoms with Crippen LogP contribution in [-0.2, 0) is 5.60 Å². The molecule has 2 rings (SSSR count). The maximum absolute atomic E-state index is 9.92. The SMILES string of the molecule is Cc1nnc(C2(O)CCNC2)o1. The lowest BCUT2D eigenvalue weighted by molar-refractivity contribution is 0.0291. The van der Waals surface area contributed by atoms with E-state index in [9.17, 15) is 5.11 Å². The lowest BCUT2D eigenvalue weighted by Gasteiger charge is -2.14. The number of aryl methyl sites for hydroxylation is 1. The van der Waals surface area contributed by atoms with Crippen molar-refractivity contribution in [3.8, 4) is 0 Å². The normalized spacial score (nSPS) is 29.5. The molecule has 0 radical (unpaired) electrons. The minimum Gasteiger partial charge on any atom is -0.422 e. The zero-order valence-electron chi connectivity index (χ0n) is 6.87. The van der Waals surface area contributed by atoms with Crippen molar-refractivity contribution in [1.29, 1.82) is 0 Å². The van der Waals surface area contributed by atoms with Gasteiger partial charge in [-0.15, -0.1) is 10.2 Å². The molecule has 1 fully saturated rings. The van der Waals surface area contributed by atoms with Crippen LogP contribution in [0.5, 0.6) is 0 Å². The van der Waals surface area contributed by atoms with Crippen LogP contribution < -0.4 is 5.32 Å². The molecule has 1 aromatic rings. The molecule has 0 saturated carbocycles. The topological polar surface area (TPSA) is 71.2 Å². The molecular formula is C7H11N3O2. The van der Waals surface area contributed by atoms with Crippen molar-refractivity contribution in [2.45, 2.75) is 18.9 Å². The molecule has 12 heavy (non-hydrogen) atoms. The molecule has 1 saturated heterocycles. The van der Waals surface area contributed by atoms with E-state index in [0.29, 0.717) is 24.7 Å². The van der Waals surface area contributed by atoms with Crippen molar-refractivity contribution < 1.29 is 9.52 Å². The van der Waals surface area contributed by atoms with Crippen molar-refractivity contribution in [1.82, 2.24) is 15.5 Å². The number of hydrogen-bond acceptors (Lipinski definition) is 5. The van der Waals surface area contributed by atoms with Gasteiger partial charge in [0.15, 0.2) is 5.60 Å². The average molecular weight is 169 g/mol. The molecule has 1 atom stereocenters. The summed E-state index contributed by atoms with van der Waals surface area (Å²) < 4.78 is 5.16. The number of β-amino-alcohol motifs (C(OH)–C–C–N with tert-alkyl or cyclic N) is 1. The summed E-state index contributed by atoms with van der Waals surface area (Å²) in [5.74, 6) is 0.815. The fraction of sp³-hybridized carbons (Fsp3) is 0.714. The Labute approximate surface area is 69.8 Å². The first-order valence-corrected chi connectivity index (χ1v) is 3.94. The Hall–Kier alpha value is -0.940. The summed E-state index contributed by atoms with van der Waals surface area (Å²) in [6, 6.07) is 0. The van der Waals surface area contributed by atoms with Crippen molar-refractivity contribution in [2.24, 2.45) is 0 Å².